The predicted octanol–water partition coefficient (Wildman–Crippen LogP) is 4.74. The highest BCUT2D eigenvalue weighted by Gasteiger charge is 2.05. The summed E-state index contributed by atoms with van der Waals surface area (Å²) in [5.41, 5.74) is 2.33. The Morgan fingerprint density at radius 3 is 2.50 bits per heavy atom. The van der Waals surface area contributed by atoms with Crippen molar-refractivity contribution in [2.45, 2.75) is 5.75 Å². The molecule has 0 aliphatic carbocycles. The Hall–Kier alpha value is -1.67. The van der Waals surface area contributed by atoms with Gasteiger partial charge in [-0.05, 0) is 35.9 Å². The number of amides is 1. The third kappa shape index (κ3) is 4.96. The standard InChI is InChI=1S/C16H12Cl2N2OS/c17-14-6-5-13(7-15(14)18)20-16(21)10-22-9-12-3-1-11(8-19)2-4-12/h1-7H,9-10H2,(H,20,21). The summed E-state index contributed by atoms with van der Waals surface area (Å²) in [7, 11) is 0. The summed E-state index contributed by atoms with van der Waals surface area (Å²) in [5.74, 6) is 0.942. The van der Waals surface area contributed by atoms with E-state index in [1.165, 1.54) is 11.8 Å². The minimum absolute atomic E-state index is 0.1000. The number of thioether (sulfide) groups is 1. The number of hydrogen-bond acceptors (Lipinski definition) is 3. The van der Waals surface area contributed by atoms with Crippen molar-refractivity contribution in [3.63, 3.8) is 0 Å². The summed E-state index contributed by atoms with van der Waals surface area (Å²) in [4.78, 5) is 11.8. The molecule has 0 fully saturated rings. The smallest absolute Gasteiger partial charge is 0.234 e. The molecule has 112 valence electrons. The van der Waals surface area contributed by atoms with Crippen molar-refractivity contribution >= 4 is 46.6 Å². The average Bonchev–Trinajstić information content (AvgIpc) is 2.51. The Bertz CT molecular complexity index is 711. The second-order valence-corrected chi connectivity index (χ2v) is 6.28. The van der Waals surface area contributed by atoms with Crippen molar-refractivity contribution in [3.05, 3.63) is 63.6 Å². The van der Waals surface area contributed by atoms with Crippen molar-refractivity contribution in [1.82, 2.24) is 0 Å². The Morgan fingerprint density at radius 1 is 1.14 bits per heavy atom. The summed E-state index contributed by atoms with van der Waals surface area (Å²) in [6.45, 7) is 0. The van der Waals surface area contributed by atoms with E-state index in [-0.39, 0.29) is 5.91 Å². The summed E-state index contributed by atoms with van der Waals surface area (Å²) < 4.78 is 0. The van der Waals surface area contributed by atoms with Gasteiger partial charge in [-0.1, -0.05) is 35.3 Å². The minimum Gasteiger partial charge on any atom is -0.325 e. The molecule has 0 bridgehead atoms. The molecule has 0 heterocycles. The summed E-state index contributed by atoms with van der Waals surface area (Å²) in [6.07, 6.45) is 0. The van der Waals surface area contributed by atoms with E-state index < -0.39 is 0 Å². The number of nitrogens with zero attached hydrogens (tertiary/aromatic N) is 1. The van der Waals surface area contributed by atoms with E-state index >= 15 is 0 Å². The molecule has 1 amide bonds. The van der Waals surface area contributed by atoms with E-state index in [4.69, 9.17) is 28.5 Å². The van der Waals surface area contributed by atoms with Crippen LogP contribution in [0.4, 0.5) is 5.69 Å². The predicted molar refractivity (Wildman–Crippen MR) is 92.4 cm³/mol. The molecule has 1 N–H and O–H groups in total. The summed E-state index contributed by atoms with van der Waals surface area (Å²) >= 11 is 13.2. The molecule has 2 aromatic carbocycles. The Kier molecular flexibility index (Phi) is 6.14. The SMILES string of the molecule is N#Cc1ccc(CSCC(=O)Nc2ccc(Cl)c(Cl)c2)cc1. The molecule has 2 rings (SSSR count). The van der Waals surface area contributed by atoms with Crippen molar-refractivity contribution < 1.29 is 4.79 Å². The highest BCUT2D eigenvalue weighted by Crippen LogP contribution is 2.25. The van der Waals surface area contributed by atoms with Gasteiger partial charge in [-0.3, -0.25) is 4.79 Å². The van der Waals surface area contributed by atoms with Gasteiger partial charge in [0.2, 0.25) is 5.91 Å². The largest absolute Gasteiger partial charge is 0.325 e. The van der Waals surface area contributed by atoms with Crippen LogP contribution in [0.2, 0.25) is 10.0 Å². The van der Waals surface area contributed by atoms with Crippen LogP contribution in [0.1, 0.15) is 11.1 Å². The lowest BCUT2D eigenvalue weighted by Gasteiger charge is -2.06. The molecule has 22 heavy (non-hydrogen) atoms. The molecule has 6 heteroatoms. The molecule has 0 aromatic heterocycles. The van der Waals surface area contributed by atoms with Crippen LogP contribution in [0.3, 0.4) is 0 Å². The van der Waals surface area contributed by atoms with Gasteiger partial charge in [-0.15, -0.1) is 11.8 Å². The van der Waals surface area contributed by atoms with Gasteiger partial charge in [-0.25, -0.2) is 0 Å². The Morgan fingerprint density at radius 2 is 1.86 bits per heavy atom. The molecular formula is C16H12Cl2N2OS. The van der Waals surface area contributed by atoms with Gasteiger partial charge in [0.1, 0.15) is 0 Å². The first-order valence-corrected chi connectivity index (χ1v) is 8.31. The number of benzene rings is 2. The molecule has 0 unspecified atom stereocenters. The second-order valence-electron chi connectivity index (χ2n) is 4.48. The lowest BCUT2D eigenvalue weighted by molar-refractivity contribution is -0.113. The number of carbonyl (C=O) groups excluding carboxylic acids is 1. The third-order valence-corrected chi connectivity index (χ3v) is 4.53. The fourth-order valence-corrected chi connectivity index (χ4v) is 2.79. The highest BCUT2D eigenvalue weighted by atomic mass is 35.5. The molecule has 2 aromatic rings. The van der Waals surface area contributed by atoms with Gasteiger partial charge in [-0.2, -0.15) is 5.26 Å². The molecule has 0 atom stereocenters. The van der Waals surface area contributed by atoms with E-state index in [0.717, 1.165) is 5.56 Å². The topological polar surface area (TPSA) is 52.9 Å². The molecule has 0 saturated carbocycles. The monoisotopic (exact) mass is 350 g/mol. The van der Waals surface area contributed by atoms with E-state index in [2.05, 4.69) is 11.4 Å². The van der Waals surface area contributed by atoms with Crippen LogP contribution in [0, 0.1) is 11.3 Å². The van der Waals surface area contributed by atoms with Crippen molar-refractivity contribution in [1.29, 1.82) is 5.26 Å². The fourth-order valence-electron chi connectivity index (χ4n) is 1.71. The maximum absolute atomic E-state index is 11.8. The number of hydrogen-bond donors (Lipinski definition) is 1. The van der Waals surface area contributed by atoms with Crippen LogP contribution < -0.4 is 5.32 Å². The summed E-state index contributed by atoms with van der Waals surface area (Å²) in [6, 6.07) is 14.4. The number of nitriles is 1. The van der Waals surface area contributed by atoms with E-state index in [9.17, 15) is 4.79 Å². The van der Waals surface area contributed by atoms with Gasteiger partial charge in [0, 0.05) is 11.4 Å². The lowest BCUT2D eigenvalue weighted by atomic mass is 10.2. The van der Waals surface area contributed by atoms with Gasteiger partial charge in [0.15, 0.2) is 0 Å². The van der Waals surface area contributed by atoms with Gasteiger partial charge < -0.3 is 5.32 Å². The summed E-state index contributed by atoms with van der Waals surface area (Å²) in [5, 5.41) is 12.4. The maximum Gasteiger partial charge on any atom is 0.234 e. The number of anilines is 1. The first kappa shape index (κ1) is 16.7. The maximum atomic E-state index is 11.8. The van der Waals surface area contributed by atoms with Crippen molar-refractivity contribution in [3.8, 4) is 6.07 Å². The molecule has 0 radical (unpaired) electrons. The van der Waals surface area contributed by atoms with Crippen LogP contribution in [0.5, 0.6) is 0 Å². The Balaban J connectivity index is 1.80. The normalized spacial score (nSPS) is 10.0. The minimum atomic E-state index is -0.1000. The first-order chi connectivity index (χ1) is 10.6. The van der Waals surface area contributed by atoms with Crippen LogP contribution in [0.25, 0.3) is 0 Å². The van der Waals surface area contributed by atoms with Crippen LogP contribution in [-0.2, 0) is 10.5 Å². The number of halogens is 2. The second kappa shape index (κ2) is 8.09. The molecule has 3 nitrogen and oxygen atoms in total. The van der Waals surface area contributed by atoms with E-state index in [1.807, 2.05) is 12.1 Å². The van der Waals surface area contributed by atoms with Crippen molar-refractivity contribution in [2.24, 2.45) is 0 Å². The van der Waals surface area contributed by atoms with Gasteiger partial charge in [0.25, 0.3) is 0 Å². The van der Waals surface area contributed by atoms with E-state index in [1.54, 1.807) is 30.3 Å². The molecule has 0 aliphatic rings. The zero-order valence-electron chi connectivity index (χ0n) is 11.5. The molecule has 0 saturated heterocycles. The van der Waals surface area contributed by atoms with Crippen molar-refractivity contribution in [2.75, 3.05) is 11.1 Å². The zero-order valence-corrected chi connectivity index (χ0v) is 13.8. The molecule has 0 spiro atoms. The first-order valence-electron chi connectivity index (χ1n) is 6.40. The van der Waals surface area contributed by atoms with E-state index in [0.29, 0.717) is 32.8 Å². The van der Waals surface area contributed by atoms with Crippen LogP contribution >= 0.6 is 35.0 Å². The number of nitrogens with one attached hydrogen (secondary N) is 1. The van der Waals surface area contributed by atoms with Gasteiger partial charge in [0.05, 0.1) is 27.4 Å². The number of carbonyl (C=O) groups is 1. The highest BCUT2D eigenvalue weighted by molar-refractivity contribution is 7.99. The molecular weight excluding hydrogens is 339 g/mol. The molecule has 0 aliphatic heterocycles. The number of rotatable bonds is 5. The van der Waals surface area contributed by atoms with Crippen LogP contribution in [0.15, 0.2) is 42.5 Å². The fraction of sp³-hybridized carbons (Fsp3) is 0.125. The quantitative estimate of drug-likeness (QED) is 0.847. The lowest BCUT2D eigenvalue weighted by Crippen LogP contribution is -2.14. The van der Waals surface area contributed by atoms with Crippen LogP contribution in [-0.4, -0.2) is 11.7 Å². The average molecular weight is 351 g/mol. The Labute approximate surface area is 143 Å². The van der Waals surface area contributed by atoms with Gasteiger partial charge >= 0.3 is 0 Å². The third-order valence-electron chi connectivity index (χ3n) is 2.79. The zero-order chi connectivity index (χ0) is 15.9.